The van der Waals surface area contributed by atoms with Gasteiger partial charge in [-0.3, -0.25) is 4.79 Å². The molecule has 2 bridgehead atoms. The van der Waals surface area contributed by atoms with Gasteiger partial charge in [0.05, 0.1) is 23.1 Å². The van der Waals surface area contributed by atoms with Gasteiger partial charge in [0.2, 0.25) is 10.0 Å². The highest BCUT2D eigenvalue weighted by molar-refractivity contribution is 7.90. The second-order valence-corrected chi connectivity index (χ2v) is 16.3. The number of anilines is 1. The molecule has 2 aliphatic heterocycles. The van der Waals surface area contributed by atoms with E-state index < -0.39 is 26.8 Å². The number of allylic oxidation sites excluding steroid dienone is 1. The van der Waals surface area contributed by atoms with Crippen molar-refractivity contribution < 1.29 is 28.2 Å². The van der Waals surface area contributed by atoms with Crippen LogP contribution in [0, 0.1) is 17.8 Å². The summed E-state index contributed by atoms with van der Waals surface area (Å²) in [6.45, 7) is 5.21. The van der Waals surface area contributed by atoms with Gasteiger partial charge in [0.15, 0.2) is 0 Å². The lowest BCUT2D eigenvalue weighted by molar-refractivity contribution is -0.0536. The van der Waals surface area contributed by atoms with E-state index in [0.717, 1.165) is 42.8 Å². The Morgan fingerprint density at radius 1 is 1.16 bits per heavy atom. The van der Waals surface area contributed by atoms with Crippen molar-refractivity contribution in [2.45, 2.75) is 81.5 Å². The van der Waals surface area contributed by atoms with Crippen molar-refractivity contribution in [1.82, 2.24) is 4.72 Å². The van der Waals surface area contributed by atoms with E-state index in [2.05, 4.69) is 21.8 Å². The predicted octanol–water partition coefficient (Wildman–Crippen LogP) is 5.39. The molecular weight excluding hydrogens is 612 g/mol. The molecule has 244 valence electrons. The molecule has 3 N–H and O–H groups in total. The summed E-state index contributed by atoms with van der Waals surface area (Å²) in [7, 11) is -3.97. The van der Waals surface area contributed by atoms with Crippen molar-refractivity contribution in [2.24, 2.45) is 17.8 Å². The Hall–Kier alpha value is -2.59. The van der Waals surface area contributed by atoms with Crippen LogP contribution in [0.25, 0.3) is 0 Å². The largest absolute Gasteiger partial charge is 0.490 e. The minimum absolute atomic E-state index is 0.00945. The van der Waals surface area contributed by atoms with Crippen molar-refractivity contribution in [2.75, 3.05) is 31.2 Å². The second-order valence-electron chi connectivity index (χ2n) is 13.8. The smallest absolute Gasteiger partial charge is 0.264 e. The standard InChI is InChI=1S/C35H45ClN2O6S/c1-23-6-3-15-35(41,16-5-17-39)30-11-8-27(30)20-38-21-34(14-4-7-25-18-28(36)10-12-29(25)34)22-44-32-13-9-26(19-31(32)38)33(40)37-45(42,43)24(23)2/h3,9-10,12-13,15,18-19,23-24,27,30,39,41H,4-8,11,14,16-17,20-22H2,1-2H3,(H,37,40)/b15-3-/t23-,24+,27-,30+,34-,35-/m0/s1. The molecule has 1 fully saturated rings. The number of carbonyl (C=O) groups is 1. The maximum atomic E-state index is 13.4. The first-order chi connectivity index (χ1) is 21.4. The zero-order chi connectivity index (χ0) is 32.0. The van der Waals surface area contributed by atoms with Crippen molar-refractivity contribution in [1.29, 1.82) is 0 Å². The first-order valence-corrected chi connectivity index (χ1v) is 18.2. The summed E-state index contributed by atoms with van der Waals surface area (Å²) in [5, 5.41) is 21.6. The number of nitrogens with one attached hydrogen (secondary N) is 1. The van der Waals surface area contributed by atoms with Crippen molar-refractivity contribution in [3.63, 3.8) is 0 Å². The lowest BCUT2D eigenvalue weighted by atomic mass is 9.63. The third kappa shape index (κ3) is 6.25. The van der Waals surface area contributed by atoms with Crippen molar-refractivity contribution in [3.8, 4) is 5.75 Å². The number of hydrogen-bond acceptors (Lipinski definition) is 7. The van der Waals surface area contributed by atoms with E-state index in [-0.39, 0.29) is 35.3 Å². The Labute approximate surface area is 271 Å². The summed E-state index contributed by atoms with van der Waals surface area (Å²) in [6.07, 6.45) is 9.78. The summed E-state index contributed by atoms with van der Waals surface area (Å²) in [4.78, 5) is 15.7. The number of ether oxygens (including phenoxy) is 1. The fraction of sp³-hybridized carbons (Fsp3) is 0.571. The third-order valence-corrected chi connectivity index (χ3v) is 13.1. The van der Waals surface area contributed by atoms with Gasteiger partial charge in [0.25, 0.3) is 5.91 Å². The summed E-state index contributed by atoms with van der Waals surface area (Å²) in [5.41, 5.74) is 2.06. The zero-order valence-corrected chi connectivity index (χ0v) is 27.7. The molecule has 6 rings (SSSR count). The molecule has 2 aromatic carbocycles. The van der Waals surface area contributed by atoms with Crippen molar-refractivity contribution in [3.05, 3.63) is 70.3 Å². The second kappa shape index (κ2) is 12.5. The van der Waals surface area contributed by atoms with Crippen LogP contribution in [0.4, 0.5) is 5.69 Å². The molecule has 2 heterocycles. The maximum absolute atomic E-state index is 13.4. The molecule has 6 atom stereocenters. The molecule has 10 heteroatoms. The van der Waals surface area contributed by atoms with E-state index >= 15 is 0 Å². The lowest BCUT2D eigenvalue weighted by Crippen LogP contribution is -2.52. The van der Waals surface area contributed by atoms with Crippen LogP contribution in [0.3, 0.4) is 0 Å². The predicted molar refractivity (Wildman–Crippen MR) is 176 cm³/mol. The summed E-state index contributed by atoms with van der Waals surface area (Å²) in [5.74, 6) is -0.134. The Balaban J connectivity index is 1.44. The first-order valence-electron chi connectivity index (χ1n) is 16.3. The summed E-state index contributed by atoms with van der Waals surface area (Å²) < 4.78 is 35.5. The van der Waals surface area contributed by atoms with Crippen LogP contribution < -0.4 is 14.4 Å². The number of carbonyl (C=O) groups excluding carboxylic acids is 1. The van der Waals surface area contributed by atoms with Crippen LogP contribution >= 0.6 is 11.6 Å². The number of hydrogen-bond donors (Lipinski definition) is 3. The molecule has 8 nitrogen and oxygen atoms in total. The molecule has 0 unspecified atom stereocenters. The molecule has 1 amide bonds. The number of nitrogens with zero attached hydrogens (tertiary/aromatic N) is 1. The van der Waals surface area contributed by atoms with E-state index in [9.17, 15) is 23.4 Å². The number of sulfonamides is 1. The monoisotopic (exact) mass is 656 g/mol. The molecular formula is C35H45ClN2O6S. The molecule has 0 saturated heterocycles. The molecule has 0 radical (unpaired) electrons. The lowest BCUT2D eigenvalue weighted by Gasteiger charge is -2.49. The molecule has 1 spiro atoms. The topological polar surface area (TPSA) is 116 Å². The number of amides is 1. The van der Waals surface area contributed by atoms with Crippen LogP contribution in [-0.4, -0.2) is 61.7 Å². The Kier molecular flexibility index (Phi) is 9.02. The number of halogens is 1. The van der Waals surface area contributed by atoms with Crippen LogP contribution in [0.2, 0.25) is 5.02 Å². The number of aliphatic hydroxyl groups excluding tert-OH is 1. The van der Waals surface area contributed by atoms with E-state index in [1.165, 1.54) is 11.1 Å². The van der Waals surface area contributed by atoms with Gasteiger partial charge < -0.3 is 19.8 Å². The number of aryl methyl sites for hydroxylation is 1. The highest BCUT2D eigenvalue weighted by atomic mass is 35.5. The minimum atomic E-state index is -3.97. The highest BCUT2D eigenvalue weighted by Gasteiger charge is 2.48. The van der Waals surface area contributed by atoms with Crippen LogP contribution in [0.15, 0.2) is 48.6 Å². The van der Waals surface area contributed by atoms with Gasteiger partial charge in [-0.1, -0.05) is 36.7 Å². The average Bonchev–Trinajstić information content (AvgIpc) is 3.14. The third-order valence-electron chi connectivity index (χ3n) is 11.0. The molecule has 1 saturated carbocycles. The number of rotatable bonds is 3. The van der Waals surface area contributed by atoms with E-state index in [1.807, 2.05) is 25.1 Å². The molecule has 4 aliphatic rings. The van der Waals surface area contributed by atoms with Gasteiger partial charge in [-0.15, -0.1) is 0 Å². The fourth-order valence-electron chi connectivity index (χ4n) is 8.00. The quantitative estimate of drug-likeness (QED) is 0.380. The van der Waals surface area contributed by atoms with Crippen molar-refractivity contribution >= 4 is 33.2 Å². The minimum Gasteiger partial charge on any atom is -0.490 e. The maximum Gasteiger partial charge on any atom is 0.264 e. The fourth-order valence-corrected chi connectivity index (χ4v) is 9.48. The van der Waals surface area contributed by atoms with Gasteiger partial charge >= 0.3 is 0 Å². The molecule has 2 aliphatic carbocycles. The normalized spacial score (nSPS) is 33.5. The van der Waals surface area contributed by atoms with Gasteiger partial charge in [-0.25, -0.2) is 13.1 Å². The number of fused-ring (bicyclic) bond motifs is 4. The molecule has 2 aromatic rings. The van der Waals surface area contributed by atoms with E-state index in [0.29, 0.717) is 44.7 Å². The Morgan fingerprint density at radius 2 is 1.98 bits per heavy atom. The van der Waals surface area contributed by atoms with Gasteiger partial charge in [0, 0.05) is 35.7 Å². The Morgan fingerprint density at radius 3 is 2.73 bits per heavy atom. The Bertz CT molecular complexity index is 1580. The molecule has 0 aromatic heterocycles. The van der Waals surface area contributed by atoms with E-state index in [4.69, 9.17) is 16.3 Å². The van der Waals surface area contributed by atoms with Crippen LogP contribution in [0.5, 0.6) is 5.75 Å². The van der Waals surface area contributed by atoms with Gasteiger partial charge in [-0.05, 0) is 118 Å². The highest BCUT2D eigenvalue weighted by Crippen LogP contribution is 2.49. The number of aliphatic hydroxyl groups is 2. The summed E-state index contributed by atoms with van der Waals surface area (Å²) >= 11 is 6.41. The van der Waals surface area contributed by atoms with Gasteiger partial charge in [-0.2, -0.15) is 0 Å². The van der Waals surface area contributed by atoms with E-state index in [1.54, 1.807) is 25.1 Å². The number of benzene rings is 2. The van der Waals surface area contributed by atoms with Gasteiger partial charge in [0.1, 0.15) is 5.75 Å². The first kappa shape index (κ1) is 32.4. The molecule has 45 heavy (non-hydrogen) atoms. The van der Waals surface area contributed by atoms with Crippen LogP contribution in [0.1, 0.15) is 80.3 Å². The summed E-state index contributed by atoms with van der Waals surface area (Å²) in [6, 6.07) is 11.3. The average molecular weight is 657 g/mol. The zero-order valence-electron chi connectivity index (χ0n) is 26.2. The van der Waals surface area contributed by atoms with Crippen LogP contribution in [-0.2, 0) is 21.9 Å². The SMILES string of the molecule is C[C@@H]1[C@@H](C)C/C=C\[C@](O)(CCCO)[C@@H]2CC[C@H]2CN2C[C@@]3(CCCc4cc(Cl)ccc43)COc3ccc(cc32)C(=O)NS1(=O)=O.